The van der Waals surface area contributed by atoms with Crippen molar-refractivity contribution in [2.24, 2.45) is 0 Å². The molecule has 9 heteroatoms. The Balaban J connectivity index is 2.34. The van der Waals surface area contributed by atoms with Gasteiger partial charge < -0.3 is 10.0 Å². The van der Waals surface area contributed by atoms with Gasteiger partial charge in [-0.05, 0) is 6.07 Å². The summed E-state index contributed by atoms with van der Waals surface area (Å²) in [4.78, 5) is 15.9. The zero-order valence-corrected chi connectivity index (χ0v) is 10.6. The molecule has 0 atom stereocenters. The Hall–Kier alpha value is -1.93. The van der Waals surface area contributed by atoms with E-state index >= 15 is 0 Å². The first-order valence-electron chi connectivity index (χ1n) is 6.03. The lowest BCUT2D eigenvalue weighted by atomic mass is 10.1. The summed E-state index contributed by atoms with van der Waals surface area (Å²) in [7, 11) is 0. The average molecular weight is 310 g/mol. The van der Waals surface area contributed by atoms with Crippen LogP contribution >= 0.6 is 0 Å². The number of carboxylic acids is 1. The molecule has 0 aromatic carbocycles. The van der Waals surface area contributed by atoms with Gasteiger partial charge in [-0.15, -0.1) is 0 Å². The summed E-state index contributed by atoms with van der Waals surface area (Å²) in [6.45, 7) is -0.322. The van der Waals surface area contributed by atoms with Crippen LogP contribution in [0.25, 0.3) is 0 Å². The molecule has 1 aromatic rings. The lowest BCUT2D eigenvalue weighted by Gasteiger charge is -2.33. The second kappa shape index (κ2) is 5.12. The van der Waals surface area contributed by atoms with E-state index in [1.165, 1.54) is 4.90 Å². The van der Waals surface area contributed by atoms with Crippen molar-refractivity contribution in [3.8, 4) is 0 Å². The Morgan fingerprint density at radius 2 is 1.86 bits per heavy atom. The summed E-state index contributed by atoms with van der Waals surface area (Å²) in [5, 5.41) is 9.01. The number of nitrogens with zero attached hydrogens (tertiary/aromatic N) is 2. The van der Waals surface area contributed by atoms with Gasteiger partial charge in [0, 0.05) is 32.1 Å². The molecule has 1 N–H and O–H groups in total. The van der Waals surface area contributed by atoms with Crippen LogP contribution in [0.3, 0.4) is 0 Å². The number of hydrogen-bond acceptors (Lipinski definition) is 3. The first-order chi connectivity index (χ1) is 9.60. The fourth-order valence-electron chi connectivity index (χ4n) is 2.07. The molecule has 0 amide bonds. The molecule has 0 spiro atoms. The Kier molecular flexibility index (Phi) is 3.77. The van der Waals surface area contributed by atoms with Crippen LogP contribution in [-0.2, 0) is 6.18 Å². The lowest BCUT2D eigenvalue weighted by Crippen LogP contribution is -2.40. The zero-order valence-electron chi connectivity index (χ0n) is 10.6. The number of piperidine rings is 1. The summed E-state index contributed by atoms with van der Waals surface area (Å²) in [5.74, 6) is -4.64. The SMILES string of the molecule is O=C(O)c1cc(C(F)(F)F)cnc1N1CCC(F)(F)CC1. The highest BCUT2D eigenvalue weighted by molar-refractivity contribution is 5.93. The second-order valence-electron chi connectivity index (χ2n) is 4.74. The Morgan fingerprint density at radius 1 is 1.29 bits per heavy atom. The maximum atomic E-state index is 13.1. The molecule has 2 rings (SSSR count). The van der Waals surface area contributed by atoms with E-state index in [1.807, 2.05) is 0 Å². The Bertz CT molecular complexity index is 549. The van der Waals surface area contributed by atoms with Crippen LogP contribution in [0.4, 0.5) is 27.8 Å². The molecule has 1 aliphatic rings. The standard InChI is InChI=1S/C12H11F5N2O2/c13-11(14)1-3-19(4-2-11)9-8(10(20)21)5-7(6-18-9)12(15,16)17/h5-6H,1-4H2,(H,20,21). The maximum absolute atomic E-state index is 13.1. The monoisotopic (exact) mass is 310 g/mol. The zero-order chi connectivity index (χ0) is 15.8. The minimum absolute atomic E-state index is 0.161. The van der Waals surface area contributed by atoms with Crippen LogP contribution in [0.1, 0.15) is 28.8 Å². The smallest absolute Gasteiger partial charge is 0.417 e. The van der Waals surface area contributed by atoms with Gasteiger partial charge in [-0.25, -0.2) is 18.6 Å². The number of anilines is 1. The molecule has 21 heavy (non-hydrogen) atoms. The minimum atomic E-state index is -4.72. The van der Waals surface area contributed by atoms with Crippen LogP contribution in [-0.4, -0.2) is 35.1 Å². The highest BCUT2D eigenvalue weighted by Crippen LogP contribution is 2.34. The van der Waals surface area contributed by atoms with Crippen LogP contribution < -0.4 is 4.90 Å². The van der Waals surface area contributed by atoms with Gasteiger partial charge in [0.1, 0.15) is 11.4 Å². The molecular weight excluding hydrogens is 299 g/mol. The molecule has 0 bridgehead atoms. The number of pyridine rings is 1. The molecule has 1 saturated heterocycles. The third kappa shape index (κ3) is 3.40. The summed E-state index contributed by atoms with van der Waals surface area (Å²) in [6, 6.07) is 0.470. The molecule has 4 nitrogen and oxygen atoms in total. The molecule has 0 unspecified atom stereocenters. The van der Waals surface area contributed by atoms with Crippen LogP contribution in [0.15, 0.2) is 12.3 Å². The van der Waals surface area contributed by atoms with Gasteiger partial charge in [-0.2, -0.15) is 13.2 Å². The topological polar surface area (TPSA) is 53.4 Å². The van der Waals surface area contributed by atoms with E-state index in [0.717, 1.165) is 0 Å². The highest BCUT2D eigenvalue weighted by atomic mass is 19.4. The average Bonchev–Trinajstić information content (AvgIpc) is 2.37. The number of aromatic nitrogens is 1. The normalized spacial score (nSPS) is 18.6. The summed E-state index contributed by atoms with van der Waals surface area (Å²) in [5.41, 5.74) is -1.83. The molecule has 0 aliphatic carbocycles. The van der Waals surface area contributed by atoms with E-state index in [2.05, 4.69) is 4.98 Å². The number of carbonyl (C=O) groups is 1. The molecule has 1 aliphatic heterocycles. The molecule has 2 heterocycles. The van der Waals surface area contributed by atoms with E-state index in [-0.39, 0.29) is 18.9 Å². The van der Waals surface area contributed by atoms with Crippen molar-refractivity contribution in [3.05, 3.63) is 23.4 Å². The molecule has 1 aromatic heterocycles. The molecule has 116 valence electrons. The van der Waals surface area contributed by atoms with Crippen LogP contribution in [0, 0.1) is 0 Å². The highest BCUT2D eigenvalue weighted by Gasteiger charge is 2.37. The number of hydrogen-bond donors (Lipinski definition) is 1. The van der Waals surface area contributed by atoms with Crippen molar-refractivity contribution in [2.45, 2.75) is 24.9 Å². The van der Waals surface area contributed by atoms with E-state index in [0.29, 0.717) is 12.3 Å². The van der Waals surface area contributed by atoms with Gasteiger partial charge >= 0.3 is 12.1 Å². The van der Waals surface area contributed by atoms with Crippen molar-refractivity contribution < 1.29 is 31.9 Å². The van der Waals surface area contributed by atoms with Crippen molar-refractivity contribution >= 4 is 11.8 Å². The van der Waals surface area contributed by atoms with E-state index in [1.54, 1.807) is 0 Å². The summed E-state index contributed by atoms with van der Waals surface area (Å²) in [6.07, 6.45) is -5.19. The molecule has 0 saturated carbocycles. The number of rotatable bonds is 2. The van der Waals surface area contributed by atoms with E-state index in [4.69, 9.17) is 5.11 Å². The van der Waals surface area contributed by atoms with Crippen LogP contribution in [0.2, 0.25) is 0 Å². The van der Waals surface area contributed by atoms with Gasteiger partial charge in [0.2, 0.25) is 0 Å². The summed E-state index contributed by atoms with van der Waals surface area (Å²) >= 11 is 0. The molecular formula is C12H11F5N2O2. The predicted molar refractivity (Wildman–Crippen MR) is 62.6 cm³/mol. The quantitative estimate of drug-likeness (QED) is 0.853. The van der Waals surface area contributed by atoms with Gasteiger partial charge in [-0.3, -0.25) is 0 Å². The van der Waals surface area contributed by atoms with Crippen molar-refractivity contribution in [1.29, 1.82) is 0 Å². The summed E-state index contributed by atoms with van der Waals surface area (Å²) < 4.78 is 63.8. The number of aromatic carboxylic acids is 1. The van der Waals surface area contributed by atoms with Gasteiger partial charge in [0.25, 0.3) is 5.92 Å². The fourth-order valence-corrected chi connectivity index (χ4v) is 2.07. The first-order valence-corrected chi connectivity index (χ1v) is 6.03. The Morgan fingerprint density at radius 3 is 2.33 bits per heavy atom. The maximum Gasteiger partial charge on any atom is 0.417 e. The third-order valence-corrected chi connectivity index (χ3v) is 3.22. The van der Waals surface area contributed by atoms with Crippen molar-refractivity contribution in [1.82, 2.24) is 4.98 Å². The first kappa shape index (κ1) is 15.5. The number of carboxylic acid groups (broad SMARTS) is 1. The van der Waals surface area contributed by atoms with Gasteiger partial charge in [0.15, 0.2) is 0 Å². The molecule has 1 fully saturated rings. The minimum Gasteiger partial charge on any atom is -0.478 e. The fraction of sp³-hybridized carbons (Fsp3) is 0.500. The van der Waals surface area contributed by atoms with Crippen LogP contribution in [0.5, 0.6) is 0 Å². The van der Waals surface area contributed by atoms with Crippen molar-refractivity contribution in [2.75, 3.05) is 18.0 Å². The van der Waals surface area contributed by atoms with Gasteiger partial charge in [-0.1, -0.05) is 0 Å². The number of halogens is 5. The lowest BCUT2D eigenvalue weighted by molar-refractivity contribution is -0.137. The third-order valence-electron chi connectivity index (χ3n) is 3.22. The van der Waals surface area contributed by atoms with Crippen molar-refractivity contribution in [3.63, 3.8) is 0 Å². The second-order valence-corrected chi connectivity index (χ2v) is 4.74. The predicted octanol–water partition coefficient (Wildman–Crippen LogP) is 3.03. The molecule has 0 radical (unpaired) electrons. The largest absolute Gasteiger partial charge is 0.478 e. The number of alkyl halides is 5. The van der Waals surface area contributed by atoms with Gasteiger partial charge in [0.05, 0.1) is 5.56 Å². The van der Waals surface area contributed by atoms with E-state index in [9.17, 15) is 26.7 Å². The van der Waals surface area contributed by atoms with E-state index < -0.39 is 42.0 Å². The Labute approximate surface area is 116 Å².